The molecule has 8 heteroatoms. The van der Waals surface area contributed by atoms with Crippen molar-refractivity contribution in [2.75, 3.05) is 36.9 Å². The van der Waals surface area contributed by atoms with Gasteiger partial charge in [-0.2, -0.15) is 0 Å². The van der Waals surface area contributed by atoms with Crippen LogP contribution in [0, 0.1) is 13.8 Å². The van der Waals surface area contributed by atoms with Gasteiger partial charge in [0, 0.05) is 5.69 Å². The van der Waals surface area contributed by atoms with Crippen LogP contribution < -0.4 is 10.6 Å². The molecule has 2 rings (SSSR count). The van der Waals surface area contributed by atoms with E-state index < -0.39 is 0 Å². The zero-order valence-corrected chi connectivity index (χ0v) is 18.7. The van der Waals surface area contributed by atoms with Gasteiger partial charge in [-0.15, -0.1) is 11.3 Å². The molecule has 1 aromatic carbocycles. The fourth-order valence-corrected chi connectivity index (χ4v) is 3.94. The van der Waals surface area contributed by atoms with Gasteiger partial charge in [0.15, 0.2) is 0 Å². The summed E-state index contributed by atoms with van der Waals surface area (Å²) in [4.78, 5) is 39.2. The Morgan fingerprint density at radius 2 is 1.67 bits per heavy atom. The molecule has 1 aromatic heterocycles. The molecule has 2 amide bonds. The Labute approximate surface area is 181 Å². The summed E-state index contributed by atoms with van der Waals surface area (Å²) in [6.45, 7) is 8.60. The van der Waals surface area contributed by atoms with Crippen LogP contribution in [-0.4, -0.2) is 48.9 Å². The standard InChI is InChI=1S/C22H29N3O4S/c1-5-11-25(13-18(26)23-17-10-8-7-9-15(17)3)14-19(27)24-20-12-16(4)21(30-20)22(28)29-6-2/h7-10,12H,5-6,11,13-14H2,1-4H3,(H,23,26)(H,24,27). The number of carbonyl (C=O) groups is 3. The van der Waals surface area contributed by atoms with Gasteiger partial charge in [-0.25, -0.2) is 4.79 Å². The molecule has 0 atom stereocenters. The Bertz CT molecular complexity index is 894. The molecule has 7 nitrogen and oxygen atoms in total. The molecule has 0 spiro atoms. The van der Waals surface area contributed by atoms with Crippen molar-refractivity contribution in [2.45, 2.75) is 34.1 Å². The second kappa shape index (κ2) is 11.5. The third kappa shape index (κ3) is 6.96. The summed E-state index contributed by atoms with van der Waals surface area (Å²) in [7, 11) is 0. The molecule has 2 aromatic rings. The molecule has 0 radical (unpaired) electrons. The lowest BCUT2D eigenvalue weighted by molar-refractivity contribution is -0.120. The van der Waals surface area contributed by atoms with Crippen molar-refractivity contribution >= 4 is 39.8 Å². The molecule has 30 heavy (non-hydrogen) atoms. The van der Waals surface area contributed by atoms with Crippen LogP contribution >= 0.6 is 11.3 Å². The Kier molecular flexibility index (Phi) is 9.01. The van der Waals surface area contributed by atoms with E-state index in [-0.39, 0.29) is 30.9 Å². The first-order chi connectivity index (χ1) is 14.3. The fourth-order valence-electron chi connectivity index (χ4n) is 2.96. The van der Waals surface area contributed by atoms with Crippen molar-refractivity contribution in [3.63, 3.8) is 0 Å². The summed E-state index contributed by atoms with van der Waals surface area (Å²) in [5.74, 6) is -0.785. The predicted octanol–water partition coefficient (Wildman–Crippen LogP) is 3.83. The number of thiophene rings is 1. The van der Waals surface area contributed by atoms with Gasteiger partial charge in [0.2, 0.25) is 11.8 Å². The normalized spacial score (nSPS) is 10.7. The van der Waals surface area contributed by atoms with Crippen LogP contribution in [-0.2, 0) is 14.3 Å². The van der Waals surface area contributed by atoms with E-state index in [1.54, 1.807) is 24.8 Å². The summed E-state index contributed by atoms with van der Waals surface area (Å²) < 4.78 is 5.03. The lowest BCUT2D eigenvalue weighted by atomic mass is 10.2. The van der Waals surface area contributed by atoms with E-state index in [0.717, 1.165) is 23.2 Å². The number of hydrogen-bond acceptors (Lipinski definition) is 6. The van der Waals surface area contributed by atoms with Gasteiger partial charge in [-0.3, -0.25) is 14.5 Å². The van der Waals surface area contributed by atoms with Gasteiger partial charge < -0.3 is 15.4 Å². The lowest BCUT2D eigenvalue weighted by Crippen LogP contribution is -2.39. The van der Waals surface area contributed by atoms with E-state index in [2.05, 4.69) is 10.6 Å². The Hall–Kier alpha value is -2.71. The number of rotatable bonds is 10. The van der Waals surface area contributed by atoms with E-state index in [1.165, 1.54) is 11.3 Å². The Morgan fingerprint density at radius 1 is 1.00 bits per heavy atom. The highest BCUT2D eigenvalue weighted by molar-refractivity contribution is 7.18. The molecule has 0 saturated carbocycles. The third-order valence-corrected chi connectivity index (χ3v) is 5.47. The van der Waals surface area contributed by atoms with Crippen LogP contribution in [0.1, 0.15) is 41.1 Å². The number of benzene rings is 1. The van der Waals surface area contributed by atoms with Crippen LogP contribution in [0.25, 0.3) is 0 Å². The molecule has 0 aliphatic rings. The number of carbonyl (C=O) groups excluding carboxylic acids is 3. The Balaban J connectivity index is 1.95. The largest absolute Gasteiger partial charge is 0.462 e. The maximum Gasteiger partial charge on any atom is 0.348 e. The molecule has 162 valence electrons. The van der Waals surface area contributed by atoms with E-state index in [4.69, 9.17) is 4.74 Å². The highest BCUT2D eigenvalue weighted by atomic mass is 32.1. The molecule has 0 unspecified atom stereocenters. The summed E-state index contributed by atoms with van der Waals surface area (Å²) in [6, 6.07) is 9.32. The van der Waals surface area contributed by atoms with Crippen LogP contribution in [0.15, 0.2) is 30.3 Å². The number of nitrogens with one attached hydrogen (secondary N) is 2. The zero-order chi connectivity index (χ0) is 22.1. The number of ether oxygens (including phenoxy) is 1. The van der Waals surface area contributed by atoms with Crippen molar-refractivity contribution in [1.82, 2.24) is 4.90 Å². The zero-order valence-electron chi connectivity index (χ0n) is 17.9. The van der Waals surface area contributed by atoms with Crippen LogP contribution in [0.5, 0.6) is 0 Å². The molecule has 0 aliphatic carbocycles. The number of anilines is 2. The summed E-state index contributed by atoms with van der Waals surface area (Å²) in [5, 5.41) is 6.30. The van der Waals surface area contributed by atoms with Crippen LogP contribution in [0.4, 0.5) is 10.7 Å². The van der Waals surface area contributed by atoms with Gasteiger partial charge in [-0.05, 0) is 57.0 Å². The number of nitrogens with zero attached hydrogens (tertiary/aromatic N) is 1. The first kappa shape index (κ1) is 23.6. The van der Waals surface area contributed by atoms with Gasteiger partial charge in [-0.1, -0.05) is 25.1 Å². The minimum Gasteiger partial charge on any atom is -0.462 e. The van der Waals surface area contributed by atoms with Crippen LogP contribution in [0.3, 0.4) is 0 Å². The molecule has 1 heterocycles. The van der Waals surface area contributed by atoms with Crippen molar-refractivity contribution in [3.05, 3.63) is 46.3 Å². The van der Waals surface area contributed by atoms with Crippen molar-refractivity contribution in [2.24, 2.45) is 0 Å². The molecule has 2 N–H and O–H groups in total. The molecule has 0 saturated heterocycles. The van der Waals surface area contributed by atoms with E-state index in [0.29, 0.717) is 23.0 Å². The molecule has 0 fully saturated rings. The maximum absolute atomic E-state index is 12.5. The minimum absolute atomic E-state index is 0.0840. The van der Waals surface area contributed by atoms with Crippen molar-refractivity contribution in [1.29, 1.82) is 0 Å². The molecule has 0 bridgehead atoms. The fraction of sp³-hybridized carbons (Fsp3) is 0.409. The van der Waals surface area contributed by atoms with Gasteiger partial charge in [0.25, 0.3) is 0 Å². The second-order valence-corrected chi connectivity index (χ2v) is 8.02. The first-order valence-corrected chi connectivity index (χ1v) is 10.8. The van der Waals surface area contributed by atoms with Crippen molar-refractivity contribution in [3.8, 4) is 0 Å². The summed E-state index contributed by atoms with van der Waals surface area (Å²) in [6.07, 6.45) is 0.816. The summed E-state index contributed by atoms with van der Waals surface area (Å²) >= 11 is 1.19. The summed E-state index contributed by atoms with van der Waals surface area (Å²) in [5.41, 5.74) is 2.51. The topological polar surface area (TPSA) is 87.7 Å². The lowest BCUT2D eigenvalue weighted by Gasteiger charge is -2.20. The van der Waals surface area contributed by atoms with Crippen LogP contribution in [0.2, 0.25) is 0 Å². The van der Waals surface area contributed by atoms with Gasteiger partial charge in [0.05, 0.1) is 24.7 Å². The number of amides is 2. The van der Waals surface area contributed by atoms with E-state index in [1.807, 2.05) is 38.1 Å². The average Bonchev–Trinajstić information content (AvgIpc) is 3.04. The number of para-hydroxylation sites is 1. The Morgan fingerprint density at radius 3 is 2.30 bits per heavy atom. The molecule has 0 aliphatic heterocycles. The van der Waals surface area contributed by atoms with Crippen molar-refractivity contribution < 1.29 is 19.1 Å². The number of esters is 1. The smallest absolute Gasteiger partial charge is 0.348 e. The quantitative estimate of drug-likeness (QED) is 0.558. The molecular formula is C22H29N3O4S. The SMILES string of the molecule is CCCN(CC(=O)Nc1cc(C)c(C(=O)OCC)s1)CC(=O)Nc1ccccc1C. The predicted molar refractivity (Wildman–Crippen MR) is 120 cm³/mol. The van der Waals surface area contributed by atoms with Gasteiger partial charge >= 0.3 is 5.97 Å². The highest BCUT2D eigenvalue weighted by Gasteiger charge is 2.18. The third-order valence-electron chi connectivity index (χ3n) is 4.33. The monoisotopic (exact) mass is 431 g/mol. The van der Waals surface area contributed by atoms with E-state index >= 15 is 0 Å². The average molecular weight is 432 g/mol. The molecular weight excluding hydrogens is 402 g/mol. The first-order valence-electron chi connectivity index (χ1n) is 9.99. The van der Waals surface area contributed by atoms with E-state index in [9.17, 15) is 14.4 Å². The number of hydrogen-bond donors (Lipinski definition) is 2. The minimum atomic E-state index is -0.388. The maximum atomic E-state index is 12.5. The van der Waals surface area contributed by atoms with Gasteiger partial charge in [0.1, 0.15) is 4.88 Å². The number of aryl methyl sites for hydroxylation is 2. The highest BCUT2D eigenvalue weighted by Crippen LogP contribution is 2.27. The second-order valence-electron chi connectivity index (χ2n) is 6.97.